The van der Waals surface area contributed by atoms with Crippen molar-refractivity contribution in [3.05, 3.63) is 36.2 Å². The molecule has 0 unspecified atom stereocenters. The molecule has 1 aliphatic rings. The first-order chi connectivity index (χ1) is 5.68. The van der Waals surface area contributed by atoms with Gasteiger partial charge in [-0.3, -0.25) is 0 Å². The van der Waals surface area contributed by atoms with Gasteiger partial charge in [-0.05, 0) is 31.2 Å². The maximum Gasteiger partial charge on any atom is 0.193 e. The Morgan fingerprint density at radius 1 is 1.42 bits per heavy atom. The van der Waals surface area contributed by atoms with Crippen LogP contribution >= 0.6 is 0 Å². The Bertz CT molecular complexity index is 344. The number of hydrogen-bond acceptors (Lipinski definition) is 2. The Labute approximate surface area is 72.1 Å². The van der Waals surface area contributed by atoms with Gasteiger partial charge in [0, 0.05) is 7.05 Å². The molecule has 0 spiro atoms. The van der Waals surface area contributed by atoms with Crippen molar-refractivity contribution in [2.24, 2.45) is 0 Å². The number of aryl methyl sites for hydroxylation is 1. The molecule has 0 aromatic heterocycles. The molecule has 12 heavy (non-hydrogen) atoms. The van der Waals surface area contributed by atoms with E-state index in [2.05, 4.69) is 19.6 Å². The van der Waals surface area contributed by atoms with Crippen LogP contribution in [0.25, 0.3) is 0 Å². The van der Waals surface area contributed by atoms with E-state index in [0.29, 0.717) is 5.88 Å². The third kappa shape index (κ3) is 0.881. The van der Waals surface area contributed by atoms with Gasteiger partial charge in [0.1, 0.15) is 0 Å². The normalized spacial score (nSPS) is 14.5. The molecule has 2 nitrogen and oxygen atoms in total. The second-order valence-corrected chi connectivity index (χ2v) is 3.03. The minimum absolute atomic E-state index is 0.690. The Hall–Kier alpha value is -1.44. The van der Waals surface area contributed by atoms with Crippen molar-refractivity contribution >= 4 is 5.69 Å². The van der Waals surface area contributed by atoms with Crippen LogP contribution in [0.2, 0.25) is 0 Å². The fourth-order valence-electron chi connectivity index (χ4n) is 1.31. The lowest BCUT2D eigenvalue weighted by Gasteiger charge is -2.08. The predicted molar refractivity (Wildman–Crippen MR) is 49.4 cm³/mol. The molecule has 0 saturated heterocycles. The van der Waals surface area contributed by atoms with Crippen LogP contribution < -0.4 is 9.64 Å². The van der Waals surface area contributed by atoms with Crippen LogP contribution in [0.3, 0.4) is 0 Å². The number of hydrogen-bond donors (Lipinski definition) is 0. The van der Waals surface area contributed by atoms with E-state index in [1.807, 2.05) is 24.1 Å². The van der Waals surface area contributed by atoms with E-state index >= 15 is 0 Å². The van der Waals surface area contributed by atoms with E-state index in [1.54, 1.807) is 0 Å². The molecule has 1 aliphatic heterocycles. The molecule has 0 atom stereocenters. The molecule has 1 heterocycles. The molecule has 0 bridgehead atoms. The van der Waals surface area contributed by atoms with Crippen molar-refractivity contribution in [3.8, 4) is 5.75 Å². The number of fused-ring (bicyclic) bond motifs is 1. The third-order valence-electron chi connectivity index (χ3n) is 2.08. The first kappa shape index (κ1) is 7.22. The second-order valence-electron chi connectivity index (χ2n) is 3.03. The minimum Gasteiger partial charge on any atom is -0.439 e. The summed E-state index contributed by atoms with van der Waals surface area (Å²) in [6, 6.07) is 6.10. The zero-order chi connectivity index (χ0) is 8.72. The molecule has 0 amide bonds. The molecular formula is C10H11NO. The Morgan fingerprint density at radius 3 is 2.92 bits per heavy atom. The minimum atomic E-state index is 0.690. The summed E-state index contributed by atoms with van der Waals surface area (Å²) in [5.74, 6) is 1.59. The van der Waals surface area contributed by atoms with E-state index < -0.39 is 0 Å². The standard InChI is InChI=1S/C10H11NO/c1-7-4-5-10-9(6-7)11(3)8(2)12-10/h4-6H,2H2,1,3H3. The molecule has 0 radical (unpaired) electrons. The van der Waals surface area contributed by atoms with Gasteiger partial charge in [-0.25, -0.2) is 0 Å². The summed E-state index contributed by atoms with van der Waals surface area (Å²) in [5, 5.41) is 0. The largest absolute Gasteiger partial charge is 0.439 e. The SMILES string of the molecule is C=C1Oc2ccc(C)cc2N1C. The van der Waals surface area contributed by atoms with Gasteiger partial charge in [0.2, 0.25) is 0 Å². The average molecular weight is 161 g/mol. The maximum absolute atomic E-state index is 5.41. The highest BCUT2D eigenvalue weighted by atomic mass is 16.5. The monoisotopic (exact) mass is 161 g/mol. The first-order valence-corrected chi connectivity index (χ1v) is 3.89. The lowest BCUT2D eigenvalue weighted by atomic mass is 10.2. The number of rotatable bonds is 0. The molecule has 62 valence electrons. The summed E-state index contributed by atoms with van der Waals surface area (Å²) >= 11 is 0. The molecule has 2 rings (SSSR count). The summed E-state index contributed by atoms with van der Waals surface area (Å²) in [5.41, 5.74) is 2.33. The molecular weight excluding hydrogens is 150 g/mol. The maximum atomic E-state index is 5.41. The van der Waals surface area contributed by atoms with E-state index in [1.165, 1.54) is 5.56 Å². The topological polar surface area (TPSA) is 12.5 Å². The fourth-order valence-corrected chi connectivity index (χ4v) is 1.31. The predicted octanol–water partition coefficient (Wildman–Crippen LogP) is 2.29. The zero-order valence-corrected chi connectivity index (χ0v) is 7.29. The Kier molecular flexibility index (Phi) is 1.37. The molecule has 0 aliphatic carbocycles. The summed E-state index contributed by atoms with van der Waals surface area (Å²) in [6.45, 7) is 5.85. The lowest BCUT2D eigenvalue weighted by Crippen LogP contribution is -2.11. The highest BCUT2D eigenvalue weighted by molar-refractivity contribution is 5.66. The van der Waals surface area contributed by atoms with Crippen molar-refractivity contribution in [2.45, 2.75) is 6.92 Å². The van der Waals surface area contributed by atoms with Crippen LogP contribution in [-0.2, 0) is 0 Å². The van der Waals surface area contributed by atoms with Crippen molar-refractivity contribution < 1.29 is 4.74 Å². The van der Waals surface area contributed by atoms with E-state index in [0.717, 1.165) is 11.4 Å². The van der Waals surface area contributed by atoms with Gasteiger partial charge in [-0.1, -0.05) is 6.07 Å². The van der Waals surface area contributed by atoms with Crippen LogP contribution in [0, 0.1) is 6.92 Å². The zero-order valence-electron chi connectivity index (χ0n) is 7.29. The van der Waals surface area contributed by atoms with Gasteiger partial charge in [-0.15, -0.1) is 0 Å². The summed E-state index contributed by atoms with van der Waals surface area (Å²) < 4.78 is 5.41. The Balaban J connectivity index is 2.55. The van der Waals surface area contributed by atoms with Crippen LogP contribution in [0.5, 0.6) is 5.75 Å². The first-order valence-electron chi connectivity index (χ1n) is 3.89. The third-order valence-corrected chi connectivity index (χ3v) is 2.08. The fraction of sp³-hybridized carbons (Fsp3) is 0.200. The van der Waals surface area contributed by atoms with E-state index in [-0.39, 0.29) is 0 Å². The Morgan fingerprint density at radius 2 is 2.17 bits per heavy atom. The van der Waals surface area contributed by atoms with Crippen LogP contribution in [0.4, 0.5) is 5.69 Å². The van der Waals surface area contributed by atoms with Crippen LogP contribution in [0.15, 0.2) is 30.7 Å². The second kappa shape index (κ2) is 2.27. The molecule has 0 N–H and O–H groups in total. The average Bonchev–Trinajstić information content (AvgIpc) is 2.31. The van der Waals surface area contributed by atoms with Crippen molar-refractivity contribution in [1.29, 1.82) is 0 Å². The van der Waals surface area contributed by atoms with E-state index in [4.69, 9.17) is 4.74 Å². The van der Waals surface area contributed by atoms with Crippen LogP contribution in [0.1, 0.15) is 5.56 Å². The summed E-state index contributed by atoms with van der Waals surface area (Å²) in [6.07, 6.45) is 0. The van der Waals surface area contributed by atoms with Crippen LogP contribution in [-0.4, -0.2) is 7.05 Å². The van der Waals surface area contributed by atoms with Crippen molar-refractivity contribution in [3.63, 3.8) is 0 Å². The number of ether oxygens (including phenoxy) is 1. The van der Waals surface area contributed by atoms with Gasteiger partial charge < -0.3 is 9.64 Å². The number of nitrogens with zero attached hydrogens (tertiary/aromatic N) is 1. The van der Waals surface area contributed by atoms with Crippen molar-refractivity contribution in [2.75, 3.05) is 11.9 Å². The molecule has 1 aromatic rings. The van der Waals surface area contributed by atoms with Gasteiger partial charge in [0.15, 0.2) is 11.6 Å². The van der Waals surface area contributed by atoms with E-state index in [9.17, 15) is 0 Å². The van der Waals surface area contributed by atoms with Gasteiger partial charge in [0.05, 0.1) is 5.69 Å². The molecule has 0 saturated carbocycles. The summed E-state index contributed by atoms with van der Waals surface area (Å²) in [7, 11) is 1.95. The lowest BCUT2D eigenvalue weighted by molar-refractivity contribution is 0.446. The van der Waals surface area contributed by atoms with Gasteiger partial charge >= 0.3 is 0 Å². The highest BCUT2D eigenvalue weighted by Crippen LogP contribution is 2.37. The van der Waals surface area contributed by atoms with Gasteiger partial charge in [-0.2, -0.15) is 0 Å². The quantitative estimate of drug-likeness (QED) is 0.579. The summed E-state index contributed by atoms with van der Waals surface area (Å²) in [4.78, 5) is 1.95. The number of benzene rings is 1. The van der Waals surface area contributed by atoms with Crippen molar-refractivity contribution in [1.82, 2.24) is 0 Å². The number of anilines is 1. The van der Waals surface area contributed by atoms with Gasteiger partial charge in [0.25, 0.3) is 0 Å². The molecule has 2 heteroatoms. The molecule has 0 fully saturated rings. The molecule has 1 aromatic carbocycles. The smallest absolute Gasteiger partial charge is 0.193 e. The highest BCUT2D eigenvalue weighted by Gasteiger charge is 2.20.